The molecular formula is C7H6Cl6O2. The molecular weight excluding hydrogens is 329 g/mol. The lowest BCUT2D eigenvalue weighted by Gasteiger charge is -2.38. The molecule has 15 heavy (non-hydrogen) atoms. The molecule has 0 radical (unpaired) electrons. The lowest BCUT2D eigenvalue weighted by Crippen LogP contribution is -2.53. The van der Waals surface area contributed by atoms with Crippen LogP contribution < -0.4 is 0 Å². The van der Waals surface area contributed by atoms with Gasteiger partial charge in [-0.3, -0.25) is 4.79 Å². The zero-order valence-electron chi connectivity index (χ0n) is 7.05. The molecule has 2 nitrogen and oxygen atoms in total. The van der Waals surface area contributed by atoms with Crippen LogP contribution in [-0.2, 0) is 9.08 Å². The van der Waals surface area contributed by atoms with E-state index in [-0.39, 0.29) is 0 Å². The van der Waals surface area contributed by atoms with Gasteiger partial charge in [0.05, 0.1) is 32.8 Å². The van der Waals surface area contributed by atoms with Crippen molar-refractivity contribution in [3.63, 3.8) is 0 Å². The summed E-state index contributed by atoms with van der Waals surface area (Å²) >= 11 is 34.6. The first-order valence-corrected chi connectivity index (χ1v) is 6.43. The van der Waals surface area contributed by atoms with E-state index in [2.05, 4.69) is 4.29 Å². The van der Waals surface area contributed by atoms with Crippen LogP contribution in [-0.4, -0.2) is 32.9 Å². The van der Waals surface area contributed by atoms with E-state index < -0.39 is 38.8 Å². The van der Waals surface area contributed by atoms with Crippen LogP contribution in [0.15, 0.2) is 0 Å². The maximum absolute atomic E-state index is 11.3. The van der Waals surface area contributed by atoms with Crippen molar-refractivity contribution in [3.05, 3.63) is 0 Å². The minimum atomic E-state index is -0.870. The quantitative estimate of drug-likeness (QED) is 0.687. The van der Waals surface area contributed by atoms with E-state index in [4.69, 9.17) is 69.9 Å². The molecule has 1 aliphatic rings. The van der Waals surface area contributed by atoms with Crippen molar-refractivity contribution in [1.82, 2.24) is 0 Å². The third-order valence-corrected chi connectivity index (χ3v) is 5.63. The Morgan fingerprint density at radius 1 is 0.800 bits per heavy atom. The van der Waals surface area contributed by atoms with Crippen LogP contribution in [0, 0.1) is 5.92 Å². The zero-order chi connectivity index (χ0) is 11.7. The first kappa shape index (κ1) is 14.3. The maximum atomic E-state index is 11.3. The second-order valence-corrected chi connectivity index (χ2v) is 5.82. The van der Waals surface area contributed by atoms with Crippen LogP contribution in [0.5, 0.6) is 0 Å². The van der Waals surface area contributed by atoms with Gasteiger partial charge >= 0.3 is 5.97 Å². The SMILES string of the molecule is O=C(OCl)C1C(Cl)C(Cl)C(Cl)C(Cl)C1Cl. The molecule has 8 heteroatoms. The standard InChI is InChI=1S/C7H6Cl6O2/c8-2-1(7(14)15-13)3(9)5(11)6(12)4(2)10/h1-6H. The number of rotatable bonds is 1. The highest BCUT2D eigenvalue weighted by atomic mass is 35.5. The predicted octanol–water partition coefficient (Wildman–Crippen LogP) is 3.35. The van der Waals surface area contributed by atoms with E-state index in [1.807, 2.05) is 0 Å². The molecule has 1 saturated carbocycles. The first-order chi connectivity index (χ1) is 6.91. The summed E-state index contributed by atoms with van der Waals surface area (Å²) < 4.78 is 4.07. The fourth-order valence-corrected chi connectivity index (χ4v) is 3.58. The van der Waals surface area contributed by atoms with Crippen LogP contribution in [0.2, 0.25) is 0 Å². The molecule has 1 aliphatic carbocycles. The molecule has 1 fully saturated rings. The molecule has 1 rings (SSSR count). The summed E-state index contributed by atoms with van der Waals surface area (Å²) in [5.74, 6) is -1.62. The van der Waals surface area contributed by atoms with Crippen LogP contribution in [0.3, 0.4) is 0 Å². The number of hydrogen-bond acceptors (Lipinski definition) is 2. The Labute approximate surface area is 117 Å². The van der Waals surface area contributed by atoms with Gasteiger partial charge in [-0.2, -0.15) is 0 Å². The second kappa shape index (κ2) is 5.70. The molecule has 4 unspecified atom stereocenters. The largest absolute Gasteiger partial charge is 0.347 e. The van der Waals surface area contributed by atoms with Crippen LogP contribution in [0.4, 0.5) is 0 Å². The minimum Gasteiger partial charge on any atom is -0.347 e. The number of carbonyl (C=O) groups excluding carboxylic acids is 1. The lowest BCUT2D eigenvalue weighted by molar-refractivity contribution is -0.139. The molecule has 0 bridgehead atoms. The normalized spacial score (nSPS) is 46.3. The highest BCUT2D eigenvalue weighted by Crippen LogP contribution is 2.41. The molecule has 0 heterocycles. The van der Waals surface area contributed by atoms with E-state index >= 15 is 0 Å². The molecule has 0 spiro atoms. The van der Waals surface area contributed by atoms with Crippen LogP contribution >= 0.6 is 69.9 Å². The second-order valence-electron chi connectivity index (χ2n) is 3.14. The van der Waals surface area contributed by atoms with Crippen molar-refractivity contribution in [2.24, 2.45) is 5.92 Å². The summed E-state index contributed by atoms with van der Waals surface area (Å²) in [5.41, 5.74) is 0. The Hall–Kier alpha value is 1.21. The van der Waals surface area contributed by atoms with Gasteiger partial charge in [0.25, 0.3) is 0 Å². The van der Waals surface area contributed by atoms with Crippen molar-refractivity contribution in [2.75, 3.05) is 0 Å². The number of halogens is 6. The Bertz CT molecular complexity index is 234. The van der Waals surface area contributed by atoms with Crippen molar-refractivity contribution in [1.29, 1.82) is 0 Å². The van der Waals surface area contributed by atoms with Gasteiger partial charge in [-0.1, -0.05) is 0 Å². The van der Waals surface area contributed by atoms with E-state index in [1.165, 1.54) is 0 Å². The highest BCUT2D eigenvalue weighted by molar-refractivity contribution is 6.42. The smallest absolute Gasteiger partial charge is 0.330 e. The molecule has 0 saturated heterocycles. The summed E-state index contributed by atoms with van der Waals surface area (Å²) in [5, 5.41) is -3.49. The molecule has 0 aromatic heterocycles. The summed E-state index contributed by atoms with van der Waals surface area (Å²) in [6, 6.07) is 0. The summed E-state index contributed by atoms with van der Waals surface area (Å²) in [4.78, 5) is 11.3. The van der Waals surface area contributed by atoms with Gasteiger partial charge < -0.3 is 4.29 Å². The maximum Gasteiger partial charge on any atom is 0.330 e. The first-order valence-electron chi connectivity index (χ1n) is 3.94. The molecule has 0 aromatic carbocycles. The average Bonchev–Trinajstić information content (AvgIpc) is 2.23. The van der Waals surface area contributed by atoms with Gasteiger partial charge in [0.15, 0.2) is 0 Å². The third kappa shape index (κ3) is 2.72. The van der Waals surface area contributed by atoms with Crippen LogP contribution in [0.25, 0.3) is 0 Å². The van der Waals surface area contributed by atoms with E-state index in [9.17, 15) is 4.79 Å². The molecule has 4 atom stereocenters. The van der Waals surface area contributed by atoms with Crippen molar-refractivity contribution in [3.8, 4) is 0 Å². The molecule has 0 amide bonds. The molecule has 0 N–H and O–H groups in total. The highest BCUT2D eigenvalue weighted by Gasteiger charge is 2.51. The van der Waals surface area contributed by atoms with Gasteiger partial charge in [0, 0.05) is 0 Å². The average molecular weight is 335 g/mol. The molecule has 0 aliphatic heterocycles. The molecule has 0 aromatic rings. The van der Waals surface area contributed by atoms with Gasteiger partial charge in [0.2, 0.25) is 0 Å². The fourth-order valence-electron chi connectivity index (χ4n) is 1.41. The third-order valence-electron chi connectivity index (χ3n) is 2.25. The Morgan fingerprint density at radius 3 is 1.47 bits per heavy atom. The van der Waals surface area contributed by atoms with E-state index in [0.29, 0.717) is 0 Å². The molecule has 88 valence electrons. The van der Waals surface area contributed by atoms with Gasteiger partial charge in [-0.05, 0) is 0 Å². The summed E-state index contributed by atoms with van der Waals surface area (Å²) in [6.07, 6.45) is 0. The van der Waals surface area contributed by atoms with Crippen molar-refractivity contribution < 1.29 is 9.08 Å². The monoisotopic (exact) mass is 332 g/mol. The van der Waals surface area contributed by atoms with Gasteiger partial charge in [0.1, 0.15) is 11.9 Å². The topological polar surface area (TPSA) is 26.3 Å². The van der Waals surface area contributed by atoms with Crippen molar-refractivity contribution in [2.45, 2.75) is 26.9 Å². The zero-order valence-corrected chi connectivity index (χ0v) is 11.6. The number of hydrogen-bond donors (Lipinski definition) is 0. The summed E-state index contributed by atoms with van der Waals surface area (Å²) in [7, 11) is 0. The van der Waals surface area contributed by atoms with Crippen LogP contribution in [0.1, 0.15) is 0 Å². The predicted molar refractivity (Wildman–Crippen MR) is 63.6 cm³/mol. The van der Waals surface area contributed by atoms with Gasteiger partial charge in [-0.25, -0.2) is 0 Å². The van der Waals surface area contributed by atoms with Crippen molar-refractivity contribution >= 4 is 75.8 Å². The fraction of sp³-hybridized carbons (Fsp3) is 0.857. The Morgan fingerprint density at radius 2 is 1.13 bits per heavy atom. The number of carbonyl (C=O) groups is 1. The number of alkyl halides is 5. The van der Waals surface area contributed by atoms with E-state index in [1.54, 1.807) is 0 Å². The van der Waals surface area contributed by atoms with Gasteiger partial charge in [-0.15, -0.1) is 58.0 Å². The van der Waals surface area contributed by atoms with E-state index in [0.717, 1.165) is 0 Å². The lowest BCUT2D eigenvalue weighted by atomic mass is 9.87. The Balaban J connectivity index is 2.91. The summed E-state index contributed by atoms with van der Waals surface area (Å²) in [6.45, 7) is 0. The minimum absolute atomic E-state index is 0.613. The Kier molecular flexibility index (Phi) is 5.42.